The molecular weight excluding hydrogens is 679 g/mol. The smallest absolute Gasteiger partial charge is 0.335 e. The molecule has 0 fully saturated rings. The number of aliphatic hydroxyl groups excluding tert-OH is 2. The van der Waals surface area contributed by atoms with Gasteiger partial charge in [0.2, 0.25) is 0 Å². The quantitative estimate of drug-likeness (QED) is 0.0470. The summed E-state index contributed by atoms with van der Waals surface area (Å²) in [6, 6.07) is 26.0. The summed E-state index contributed by atoms with van der Waals surface area (Å²) in [5, 5.41) is 17.9. The largest absolute Gasteiger partial charge is 0.493 e. The number of unbranched alkanes of at least 4 members (excludes halogenated alkanes) is 4. The molecule has 0 aromatic heterocycles. The van der Waals surface area contributed by atoms with Gasteiger partial charge in [-0.05, 0) is 59.0 Å². The Hall–Kier alpha value is -5.45. The fourth-order valence-electron chi connectivity index (χ4n) is 5.26. The third-order valence-electron chi connectivity index (χ3n) is 8.25. The van der Waals surface area contributed by atoms with Crippen molar-refractivity contribution in [2.75, 3.05) is 46.2 Å². The van der Waals surface area contributed by atoms with Gasteiger partial charge in [0.1, 0.15) is 49.5 Å². The summed E-state index contributed by atoms with van der Waals surface area (Å²) < 4.78 is 42.9. The lowest BCUT2D eigenvalue weighted by molar-refractivity contribution is -0.141. The second kappa shape index (κ2) is 21.2. The molecule has 0 aliphatic rings. The summed E-state index contributed by atoms with van der Waals surface area (Å²) in [7, 11) is 0. The Labute approximate surface area is 310 Å². The maximum absolute atomic E-state index is 15.4. The molecule has 0 radical (unpaired) electrons. The van der Waals surface area contributed by atoms with E-state index in [4.69, 9.17) is 33.9 Å². The van der Waals surface area contributed by atoms with Crippen molar-refractivity contribution >= 4 is 11.9 Å². The van der Waals surface area contributed by atoms with Crippen molar-refractivity contribution in [2.24, 2.45) is 0 Å². The van der Waals surface area contributed by atoms with Crippen LogP contribution in [0.1, 0.15) is 39.0 Å². The van der Waals surface area contributed by atoms with Gasteiger partial charge < -0.3 is 33.9 Å². The van der Waals surface area contributed by atoms with E-state index in [1.54, 1.807) is 12.1 Å². The Morgan fingerprint density at radius 2 is 1.08 bits per heavy atom. The van der Waals surface area contributed by atoms with Gasteiger partial charge in [0.25, 0.3) is 0 Å². The standard InChI is InChI=1S/C43H47FO9/c1-4-5-6-7-8-21-51-41-26-35(38-20-18-37(27-40(38)44)50-23-25-53-43(48)31(3)29-46)15-19-39(41)34-11-9-32(10-12-34)33-13-16-36(17-14-33)49-22-24-52-42(47)30(2)28-45/h9-20,26-27,45-46H,2-8,21-25,28-29H2,1H3. The first-order valence-electron chi connectivity index (χ1n) is 17.7. The summed E-state index contributed by atoms with van der Waals surface area (Å²) in [5.41, 5.74) is 4.82. The molecule has 4 aromatic rings. The molecular formula is C43H47FO9. The van der Waals surface area contributed by atoms with Crippen LogP contribution in [0, 0.1) is 5.82 Å². The molecule has 0 aliphatic carbocycles. The van der Waals surface area contributed by atoms with Crippen molar-refractivity contribution in [3.8, 4) is 50.6 Å². The van der Waals surface area contributed by atoms with Crippen LogP contribution in [-0.2, 0) is 19.1 Å². The number of esters is 2. The Morgan fingerprint density at radius 3 is 1.66 bits per heavy atom. The average Bonchev–Trinajstić information content (AvgIpc) is 3.19. The normalized spacial score (nSPS) is 10.7. The minimum absolute atomic E-state index is 0.00728. The van der Waals surface area contributed by atoms with Gasteiger partial charge in [0.05, 0.1) is 31.0 Å². The van der Waals surface area contributed by atoms with Crippen LogP contribution in [0.5, 0.6) is 17.2 Å². The van der Waals surface area contributed by atoms with Gasteiger partial charge in [-0.3, -0.25) is 0 Å². The first kappa shape index (κ1) is 40.3. The van der Waals surface area contributed by atoms with E-state index in [9.17, 15) is 9.59 Å². The molecule has 9 nitrogen and oxygen atoms in total. The van der Waals surface area contributed by atoms with E-state index in [0.717, 1.165) is 47.9 Å². The number of benzene rings is 4. The second-order valence-electron chi connectivity index (χ2n) is 12.2. The van der Waals surface area contributed by atoms with Crippen LogP contribution in [0.2, 0.25) is 0 Å². The molecule has 280 valence electrons. The SMILES string of the molecule is C=C(CO)C(=O)OCCOc1ccc(-c2ccc(-c3ccc(-c4ccc(OCCOC(=O)C(=C)CO)cc4F)cc3OCCCCCCC)cc2)cc1. The maximum atomic E-state index is 15.4. The van der Waals surface area contributed by atoms with E-state index in [0.29, 0.717) is 29.2 Å². The molecule has 10 heteroatoms. The number of ether oxygens (including phenoxy) is 5. The first-order valence-corrected chi connectivity index (χ1v) is 17.7. The first-order chi connectivity index (χ1) is 25.7. The van der Waals surface area contributed by atoms with Crippen molar-refractivity contribution in [2.45, 2.75) is 39.0 Å². The lowest BCUT2D eigenvalue weighted by Crippen LogP contribution is -2.15. The molecule has 0 saturated heterocycles. The van der Waals surface area contributed by atoms with Gasteiger partial charge in [0.15, 0.2) is 0 Å². The predicted molar refractivity (Wildman–Crippen MR) is 202 cm³/mol. The van der Waals surface area contributed by atoms with E-state index in [-0.39, 0.29) is 43.3 Å². The molecule has 0 heterocycles. The topological polar surface area (TPSA) is 121 Å². The molecule has 0 bridgehead atoms. The Bertz CT molecular complexity index is 1820. The fourth-order valence-corrected chi connectivity index (χ4v) is 5.26. The minimum atomic E-state index is -0.712. The molecule has 0 unspecified atom stereocenters. The number of aliphatic hydroxyl groups is 2. The van der Waals surface area contributed by atoms with Gasteiger partial charge in [-0.2, -0.15) is 0 Å². The van der Waals surface area contributed by atoms with Crippen molar-refractivity contribution in [3.63, 3.8) is 0 Å². The Morgan fingerprint density at radius 1 is 0.566 bits per heavy atom. The number of carbonyl (C=O) groups excluding carboxylic acids is 2. The van der Waals surface area contributed by atoms with Crippen LogP contribution in [0.25, 0.3) is 33.4 Å². The minimum Gasteiger partial charge on any atom is -0.493 e. The highest BCUT2D eigenvalue weighted by Crippen LogP contribution is 2.37. The number of hydrogen-bond donors (Lipinski definition) is 2. The highest BCUT2D eigenvalue weighted by atomic mass is 19.1. The van der Waals surface area contributed by atoms with E-state index in [2.05, 4.69) is 20.1 Å². The van der Waals surface area contributed by atoms with E-state index in [1.165, 1.54) is 12.5 Å². The fraction of sp³-hybridized carbons (Fsp3) is 0.302. The van der Waals surface area contributed by atoms with Gasteiger partial charge in [-0.15, -0.1) is 0 Å². The van der Waals surface area contributed by atoms with Gasteiger partial charge >= 0.3 is 11.9 Å². The van der Waals surface area contributed by atoms with Crippen LogP contribution < -0.4 is 14.2 Å². The van der Waals surface area contributed by atoms with Crippen molar-refractivity contribution in [3.05, 3.63) is 115 Å². The molecule has 0 atom stereocenters. The van der Waals surface area contributed by atoms with Crippen LogP contribution in [0.4, 0.5) is 4.39 Å². The molecule has 0 amide bonds. The summed E-state index contributed by atoms with van der Waals surface area (Å²) in [6.45, 7) is 8.76. The van der Waals surface area contributed by atoms with Crippen LogP contribution in [0.3, 0.4) is 0 Å². The average molecular weight is 727 g/mol. The second-order valence-corrected chi connectivity index (χ2v) is 12.2. The zero-order valence-electron chi connectivity index (χ0n) is 30.1. The number of carbonyl (C=O) groups is 2. The Balaban J connectivity index is 1.44. The van der Waals surface area contributed by atoms with Crippen LogP contribution >= 0.6 is 0 Å². The monoisotopic (exact) mass is 726 g/mol. The summed E-state index contributed by atoms with van der Waals surface area (Å²) in [4.78, 5) is 23.2. The summed E-state index contributed by atoms with van der Waals surface area (Å²) in [6.07, 6.45) is 5.48. The van der Waals surface area contributed by atoms with Crippen LogP contribution in [0.15, 0.2) is 109 Å². The molecule has 0 saturated carbocycles. The van der Waals surface area contributed by atoms with Gasteiger partial charge in [-0.1, -0.05) is 94.3 Å². The predicted octanol–water partition coefficient (Wildman–Crippen LogP) is 8.12. The van der Waals surface area contributed by atoms with Crippen LogP contribution in [-0.4, -0.2) is 68.4 Å². The molecule has 4 aromatic carbocycles. The summed E-state index contributed by atoms with van der Waals surface area (Å²) in [5.74, 6) is -0.264. The maximum Gasteiger partial charge on any atom is 0.335 e. The molecule has 2 N–H and O–H groups in total. The zero-order valence-corrected chi connectivity index (χ0v) is 30.1. The van der Waals surface area contributed by atoms with Crippen molar-refractivity contribution in [1.82, 2.24) is 0 Å². The highest BCUT2D eigenvalue weighted by Gasteiger charge is 2.14. The summed E-state index contributed by atoms with van der Waals surface area (Å²) >= 11 is 0. The highest BCUT2D eigenvalue weighted by molar-refractivity contribution is 5.88. The van der Waals surface area contributed by atoms with Crippen molar-refractivity contribution < 1.29 is 47.9 Å². The lowest BCUT2D eigenvalue weighted by Gasteiger charge is -2.15. The van der Waals surface area contributed by atoms with Gasteiger partial charge in [0, 0.05) is 17.2 Å². The third-order valence-corrected chi connectivity index (χ3v) is 8.25. The number of halogens is 1. The van der Waals surface area contributed by atoms with E-state index in [1.807, 2.05) is 66.7 Å². The van der Waals surface area contributed by atoms with E-state index >= 15 is 4.39 Å². The molecule has 4 rings (SSSR count). The third kappa shape index (κ3) is 12.3. The van der Waals surface area contributed by atoms with Gasteiger partial charge in [-0.25, -0.2) is 14.0 Å². The zero-order chi connectivity index (χ0) is 38.0. The number of rotatable bonds is 22. The Kier molecular flexibility index (Phi) is 16.1. The van der Waals surface area contributed by atoms with E-state index < -0.39 is 31.0 Å². The van der Waals surface area contributed by atoms with Crippen molar-refractivity contribution in [1.29, 1.82) is 0 Å². The molecule has 53 heavy (non-hydrogen) atoms. The number of hydrogen-bond acceptors (Lipinski definition) is 9. The molecule has 0 aliphatic heterocycles. The molecule has 0 spiro atoms. The lowest BCUT2D eigenvalue weighted by atomic mass is 9.97.